The lowest BCUT2D eigenvalue weighted by atomic mass is 9.80. The molecule has 1 amide bonds. The van der Waals surface area contributed by atoms with Gasteiger partial charge in [0.05, 0.1) is 12.1 Å². The van der Waals surface area contributed by atoms with Crippen LogP contribution in [0.1, 0.15) is 72.6 Å². The predicted molar refractivity (Wildman–Crippen MR) is 121 cm³/mol. The summed E-state index contributed by atoms with van der Waals surface area (Å²) in [5.41, 5.74) is -1.07. The van der Waals surface area contributed by atoms with Gasteiger partial charge in [-0.1, -0.05) is 0 Å². The van der Waals surface area contributed by atoms with Crippen LogP contribution in [0.4, 0.5) is 4.79 Å². The van der Waals surface area contributed by atoms with Gasteiger partial charge in [0.2, 0.25) is 0 Å². The fourth-order valence-corrected chi connectivity index (χ4v) is 4.39. The molecule has 3 fully saturated rings. The summed E-state index contributed by atoms with van der Waals surface area (Å²) < 4.78 is 5.61. The predicted octanol–water partition coefficient (Wildman–Crippen LogP) is 3.01. The van der Waals surface area contributed by atoms with Gasteiger partial charge in [-0.25, -0.2) is 4.79 Å². The van der Waals surface area contributed by atoms with Crippen LogP contribution in [0.3, 0.4) is 0 Å². The van der Waals surface area contributed by atoms with Crippen molar-refractivity contribution >= 4 is 36.0 Å². The highest BCUT2D eigenvalue weighted by molar-refractivity contribution is 14.0. The first-order valence-corrected chi connectivity index (χ1v) is 10.5. The number of ether oxygens (including phenoxy) is 1. The van der Waals surface area contributed by atoms with E-state index >= 15 is 0 Å². The summed E-state index contributed by atoms with van der Waals surface area (Å²) in [5, 5.41) is 17.1. The molecular formula is C20H37IN4O3. The summed E-state index contributed by atoms with van der Waals surface area (Å²) >= 11 is 0. The normalized spacial score (nSPS) is 28.8. The SMILES string of the molecule is CCNC(=NCC1(O)CCC1)NC1CC2CCC(C1)N2C(=O)OC(C)(C)C.I. The molecule has 28 heavy (non-hydrogen) atoms. The number of halogens is 1. The van der Waals surface area contributed by atoms with Gasteiger partial charge < -0.3 is 25.4 Å². The molecule has 162 valence electrons. The van der Waals surface area contributed by atoms with Gasteiger partial charge in [0.25, 0.3) is 0 Å². The third-order valence-corrected chi connectivity index (χ3v) is 5.84. The van der Waals surface area contributed by atoms with Crippen LogP contribution in [0.25, 0.3) is 0 Å². The number of hydrogen-bond donors (Lipinski definition) is 3. The number of rotatable bonds is 4. The number of hydrogen-bond acceptors (Lipinski definition) is 4. The minimum atomic E-state index is -0.610. The molecule has 2 unspecified atom stereocenters. The van der Waals surface area contributed by atoms with Crippen molar-refractivity contribution in [1.82, 2.24) is 15.5 Å². The number of nitrogens with one attached hydrogen (secondary N) is 2. The van der Waals surface area contributed by atoms with Crippen LogP contribution in [-0.2, 0) is 4.74 Å². The van der Waals surface area contributed by atoms with Gasteiger partial charge in [-0.3, -0.25) is 4.99 Å². The first-order valence-electron chi connectivity index (χ1n) is 10.5. The maximum absolute atomic E-state index is 12.6. The second kappa shape index (κ2) is 9.36. The van der Waals surface area contributed by atoms with E-state index in [4.69, 9.17) is 4.74 Å². The first kappa shape index (κ1) is 23.5. The van der Waals surface area contributed by atoms with Gasteiger partial charge in [0, 0.05) is 24.7 Å². The zero-order chi connectivity index (χ0) is 19.7. The second-order valence-electron chi connectivity index (χ2n) is 9.36. The van der Waals surface area contributed by atoms with E-state index in [1.165, 1.54) is 0 Å². The maximum atomic E-state index is 12.6. The van der Waals surface area contributed by atoms with Crippen LogP contribution in [0.2, 0.25) is 0 Å². The van der Waals surface area contributed by atoms with Crippen molar-refractivity contribution in [3.63, 3.8) is 0 Å². The van der Waals surface area contributed by atoms with Crippen molar-refractivity contribution < 1.29 is 14.6 Å². The molecule has 0 aromatic heterocycles. The first-order chi connectivity index (χ1) is 12.7. The third kappa shape index (κ3) is 5.87. The zero-order valence-corrected chi connectivity index (χ0v) is 20.0. The van der Waals surface area contributed by atoms with E-state index in [1.807, 2.05) is 32.6 Å². The molecule has 2 atom stereocenters. The van der Waals surface area contributed by atoms with Gasteiger partial charge >= 0.3 is 6.09 Å². The van der Waals surface area contributed by atoms with Crippen LogP contribution in [-0.4, -0.2) is 64.5 Å². The highest BCUT2D eigenvalue weighted by Gasteiger charge is 2.45. The summed E-state index contributed by atoms with van der Waals surface area (Å²) in [6.45, 7) is 9.02. The highest BCUT2D eigenvalue weighted by atomic mass is 127. The molecule has 2 bridgehead atoms. The number of amides is 1. The average molecular weight is 508 g/mol. The third-order valence-electron chi connectivity index (χ3n) is 5.84. The van der Waals surface area contributed by atoms with Crippen molar-refractivity contribution in [2.24, 2.45) is 4.99 Å². The molecule has 0 aromatic rings. The number of carbonyl (C=O) groups is 1. The molecule has 0 aromatic carbocycles. The number of guanidine groups is 1. The summed E-state index contributed by atoms with van der Waals surface area (Å²) in [5.74, 6) is 0.771. The Balaban J connectivity index is 0.00000280. The molecule has 3 N–H and O–H groups in total. The van der Waals surface area contributed by atoms with Gasteiger partial charge in [0.15, 0.2) is 5.96 Å². The van der Waals surface area contributed by atoms with Crippen molar-refractivity contribution in [2.75, 3.05) is 13.1 Å². The minimum absolute atomic E-state index is 0. The second-order valence-corrected chi connectivity index (χ2v) is 9.36. The number of fused-ring (bicyclic) bond motifs is 2. The lowest BCUT2D eigenvalue weighted by Crippen LogP contribution is -2.55. The molecular weight excluding hydrogens is 471 g/mol. The lowest BCUT2D eigenvalue weighted by molar-refractivity contribution is -0.0237. The van der Waals surface area contributed by atoms with Crippen LogP contribution < -0.4 is 10.6 Å². The number of aliphatic hydroxyl groups is 1. The summed E-state index contributed by atoms with van der Waals surface area (Å²) in [4.78, 5) is 19.2. The molecule has 2 aliphatic heterocycles. The molecule has 2 heterocycles. The minimum Gasteiger partial charge on any atom is -0.444 e. The van der Waals surface area contributed by atoms with E-state index < -0.39 is 11.2 Å². The van der Waals surface area contributed by atoms with Crippen LogP contribution in [0, 0.1) is 0 Å². The molecule has 3 aliphatic rings. The van der Waals surface area contributed by atoms with Gasteiger partial charge in [-0.2, -0.15) is 0 Å². The van der Waals surface area contributed by atoms with E-state index in [1.54, 1.807) is 0 Å². The Morgan fingerprint density at radius 1 is 1.25 bits per heavy atom. The van der Waals surface area contributed by atoms with Gasteiger partial charge in [-0.05, 0) is 72.6 Å². The van der Waals surface area contributed by atoms with E-state index in [0.29, 0.717) is 6.54 Å². The average Bonchev–Trinajstić information content (AvgIpc) is 2.81. The van der Waals surface area contributed by atoms with E-state index in [-0.39, 0.29) is 48.2 Å². The van der Waals surface area contributed by atoms with E-state index in [2.05, 4.69) is 15.6 Å². The van der Waals surface area contributed by atoms with Crippen LogP contribution >= 0.6 is 24.0 Å². The Morgan fingerprint density at radius 3 is 2.32 bits per heavy atom. The molecule has 2 saturated heterocycles. The topological polar surface area (TPSA) is 86.2 Å². The molecule has 1 saturated carbocycles. The number of carbonyl (C=O) groups excluding carboxylic acids is 1. The van der Waals surface area contributed by atoms with Crippen molar-refractivity contribution in [2.45, 2.75) is 102 Å². The van der Waals surface area contributed by atoms with E-state index in [9.17, 15) is 9.90 Å². The molecule has 7 nitrogen and oxygen atoms in total. The monoisotopic (exact) mass is 508 g/mol. The quantitative estimate of drug-likeness (QED) is 0.309. The smallest absolute Gasteiger partial charge is 0.410 e. The Bertz CT molecular complexity index is 560. The Morgan fingerprint density at radius 2 is 1.86 bits per heavy atom. The van der Waals surface area contributed by atoms with Crippen LogP contribution in [0.5, 0.6) is 0 Å². The lowest BCUT2D eigenvalue weighted by Gasteiger charge is -2.40. The van der Waals surface area contributed by atoms with Gasteiger partial charge in [-0.15, -0.1) is 24.0 Å². The Labute approximate surface area is 186 Å². The highest BCUT2D eigenvalue weighted by Crippen LogP contribution is 2.37. The van der Waals surface area contributed by atoms with Crippen molar-refractivity contribution in [3.05, 3.63) is 0 Å². The summed E-state index contributed by atoms with van der Waals surface area (Å²) in [7, 11) is 0. The molecule has 1 aliphatic carbocycles. The molecule has 0 spiro atoms. The Kier molecular flexibility index (Phi) is 7.86. The van der Waals surface area contributed by atoms with Crippen LogP contribution in [0.15, 0.2) is 4.99 Å². The number of piperidine rings is 1. The van der Waals surface area contributed by atoms with Crippen molar-refractivity contribution in [1.29, 1.82) is 0 Å². The summed E-state index contributed by atoms with van der Waals surface area (Å²) in [6, 6.07) is 0.750. The summed E-state index contributed by atoms with van der Waals surface area (Å²) in [6.07, 6.45) is 6.48. The Hall–Kier alpha value is -0.770. The number of aliphatic imine (C=N–C) groups is 1. The zero-order valence-electron chi connectivity index (χ0n) is 17.7. The van der Waals surface area contributed by atoms with E-state index in [0.717, 1.165) is 57.5 Å². The fourth-order valence-electron chi connectivity index (χ4n) is 4.39. The molecule has 0 radical (unpaired) electrons. The standard InChI is InChI=1S/C20H36N4O3.HI/c1-5-21-17(22-13-20(26)9-6-10-20)23-14-11-15-7-8-16(12-14)24(15)18(25)27-19(2,3)4;/h14-16,26H,5-13H2,1-4H3,(H2,21,22,23);1H. The molecule has 3 rings (SSSR count). The maximum Gasteiger partial charge on any atom is 0.410 e. The van der Waals surface area contributed by atoms with Gasteiger partial charge in [0.1, 0.15) is 5.60 Å². The fraction of sp³-hybridized carbons (Fsp3) is 0.900. The van der Waals surface area contributed by atoms with Crippen molar-refractivity contribution in [3.8, 4) is 0 Å². The number of nitrogens with zero attached hydrogens (tertiary/aromatic N) is 2. The largest absolute Gasteiger partial charge is 0.444 e. The molecule has 8 heteroatoms.